The van der Waals surface area contributed by atoms with Crippen molar-refractivity contribution in [2.24, 2.45) is 10.4 Å². The van der Waals surface area contributed by atoms with Crippen molar-refractivity contribution in [3.05, 3.63) is 33.8 Å². The minimum Gasteiger partial charge on any atom is -0.381 e. The molecule has 1 fully saturated rings. The van der Waals surface area contributed by atoms with Crippen LogP contribution in [0.1, 0.15) is 57.6 Å². The lowest BCUT2D eigenvalue weighted by atomic mass is 9.62. The van der Waals surface area contributed by atoms with Gasteiger partial charge in [-0.25, -0.2) is 4.99 Å². The van der Waals surface area contributed by atoms with Gasteiger partial charge in [-0.1, -0.05) is 33.8 Å². The molecule has 1 unspecified atom stereocenters. The summed E-state index contributed by atoms with van der Waals surface area (Å²) in [6.45, 7) is 6.62. The summed E-state index contributed by atoms with van der Waals surface area (Å²) in [5.41, 5.74) is 3.12. The molecule has 1 aliphatic heterocycles. The first kappa shape index (κ1) is 18.8. The molecular weight excluding hydrogens is 408 g/mol. The number of fused-ring (bicyclic) bond motifs is 3. The lowest BCUT2D eigenvalue weighted by Crippen LogP contribution is -2.46. The third kappa shape index (κ3) is 3.04. The van der Waals surface area contributed by atoms with Crippen LogP contribution in [0.5, 0.6) is 0 Å². The highest BCUT2D eigenvalue weighted by molar-refractivity contribution is 9.10. The van der Waals surface area contributed by atoms with Gasteiger partial charge in [-0.2, -0.15) is 0 Å². The van der Waals surface area contributed by atoms with E-state index < -0.39 is 0 Å². The fourth-order valence-electron chi connectivity index (χ4n) is 5.06. The van der Waals surface area contributed by atoms with Gasteiger partial charge in [0.1, 0.15) is 5.54 Å². The molecule has 1 saturated carbocycles. The van der Waals surface area contributed by atoms with Gasteiger partial charge in [0.05, 0.1) is 6.10 Å². The number of nitrogens with zero attached hydrogens (tertiary/aromatic N) is 1. The summed E-state index contributed by atoms with van der Waals surface area (Å²) in [6, 6.07) is 6.83. The SMILES string of the molecule is COC1CCC2(CC1)Cc1ccc(Br)cc1C21CSC(NC(C)(C)C)=N1. The molecule has 1 heterocycles. The molecular formula is C21H29BrN2OS. The van der Waals surface area contributed by atoms with Crippen LogP contribution in [0.3, 0.4) is 0 Å². The molecule has 4 rings (SSSR count). The van der Waals surface area contributed by atoms with Gasteiger partial charge in [-0.15, -0.1) is 0 Å². The summed E-state index contributed by atoms with van der Waals surface area (Å²) in [7, 11) is 1.86. The molecule has 0 aromatic heterocycles. The number of thioether (sulfide) groups is 1. The maximum Gasteiger partial charge on any atom is 0.157 e. The number of aliphatic imine (C=N–C) groups is 1. The van der Waals surface area contributed by atoms with Crippen molar-refractivity contribution in [3.63, 3.8) is 0 Å². The highest BCUT2D eigenvalue weighted by atomic mass is 79.9. The van der Waals surface area contributed by atoms with Crippen molar-refractivity contribution in [2.45, 2.75) is 70.1 Å². The monoisotopic (exact) mass is 436 g/mol. The molecule has 1 aromatic carbocycles. The van der Waals surface area contributed by atoms with E-state index in [4.69, 9.17) is 9.73 Å². The average molecular weight is 437 g/mol. The maximum absolute atomic E-state index is 5.67. The van der Waals surface area contributed by atoms with Crippen LogP contribution in [-0.4, -0.2) is 29.7 Å². The molecule has 2 spiro atoms. The molecule has 0 amide bonds. The molecule has 3 aliphatic rings. The summed E-state index contributed by atoms with van der Waals surface area (Å²) < 4.78 is 6.83. The number of amidine groups is 1. The van der Waals surface area contributed by atoms with Crippen molar-refractivity contribution in [2.75, 3.05) is 12.9 Å². The van der Waals surface area contributed by atoms with Crippen LogP contribution < -0.4 is 5.32 Å². The fraction of sp³-hybridized carbons (Fsp3) is 0.667. The van der Waals surface area contributed by atoms with Gasteiger partial charge in [0.2, 0.25) is 0 Å². The molecule has 142 valence electrons. The number of hydrogen-bond acceptors (Lipinski definition) is 4. The van der Waals surface area contributed by atoms with Crippen LogP contribution in [0, 0.1) is 5.41 Å². The van der Waals surface area contributed by atoms with Crippen LogP contribution in [-0.2, 0) is 16.7 Å². The second kappa shape index (κ2) is 6.52. The Balaban J connectivity index is 1.77. The zero-order chi connectivity index (χ0) is 18.6. The van der Waals surface area contributed by atoms with Gasteiger partial charge < -0.3 is 10.1 Å². The number of rotatable bonds is 1. The summed E-state index contributed by atoms with van der Waals surface area (Å²) in [6.07, 6.45) is 6.26. The molecule has 5 heteroatoms. The third-order valence-corrected chi connectivity index (χ3v) is 7.86. The van der Waals surface area contributed by atoms with Gasteiger partial charge in [0, 0.05) is 28.3 Å². The van der Waals surface area contributed by atoms with E-state index >= 15 is 0 Å². The van der Waals surface area contributed by atoms with E-state index in [1.54, 1.807) is 0 Å². The number of methoxy groups -OCH3 is 1. The Morgan fingerprint density at radius 1 is 1.27 bits per heavy atom. The van der Waals surface area contributed by atoms with Crippen molar-refractivity contribution in [1.29, 1.82) is 0 Å². The number of halogens is 1. The largest absolute Gasteiger partial charge is 0.381 e. The van der Waals surface area contributed by atoms with Gasteiger partial charge in [-0.3, -0.25) is 0 Å². The standard InChI is InChI=1S/C21H29BrN2OS/c1-19(2,3)23-18-24-21(13-26-18)17-11-15(22)6-5-14(17)12-20(21)9-7-16(25-4)8-10-20/h5-6,11,16H,7-10,12-13H2,1-4H3,(H,23,24). The van der Waals surface area contributed by atoms with E-state index in [-0.39, 0.29) is 16.5 Å². The highest BCUT2D eigenvalue weighted by Gasteiger charge is 2.60. The number of hydrogen-bond donors (Lipinski definition) is 1. The Morgan fingerprint density at radius 2 is 2.00 bits per heavy atom. The number of ether oxygens (including phenoxy) is 1. The second-order valence-corrected chi connectivity index (χ2v) is 11.0. The van der Waals surface area contributed by atoms with E-state index in [9.17, 15) is 0 Å². The first-order valence-electron chi connectivity index (χ1n) is 9.60. The first-order valence-corrected chi connectivity index (χ1v) is 11.4. The van der Waals surface area contributed by atoms with E-state index in [1.165, 1.54) is 24.0 Å². The van der Waals surface area contributed by atoms with Gasteiger partial charge in [0.25, 0.3) is 0 Å². The molecule has 0 bridgehead atoms. The van der Waals surface area contributed by atoms with Crippen molar-refractivity contribution < 1.29 is 4.74 Å². The summed E-state index contributed by atoms with van der Waals surface area (Å²) in [4.78, 5) is 5.42. The molecule has 0 saturated heterocycles. The normalized spacial score (nSPS) is 33.6. The second-order valence-electron chi connectivity index (χ2n) is 9.13. The zero-order valence-electron chi connectivity index (χ0n) is 16.2. The van der Waals surface area contributed by atoms with Crippen LogP contribution in [0.2, 0.25) is 0 Å². The Hall–Kier alpha value is -0.520. The van der Waals surface area contributed by atoms with E-state index in [1.807, 2.05) is 18.9 Å². The van der Waals surface area contributed by atoms with Crippen molar-refractivity contribution in [3.8, 4) is 0 Å². The molecule has 2 aliphatic carbocycles. The number of benzene rings is 1. The van der Waals surface area contributed by atoms with E-state index in [0.29, 0.717) is 6.10 Å². The summed E-state index contributed by atoms with van der Waals surface area (Å²) in [5.74, 6) is 1.05. The molecule has 0 radical (unpaired) electrons. The highest BCUT2D eigenvalue weighted by Crippen LogP contribution is 2.63. The minimum absolute atomic E-state index is 0.0386. The maximum atomic E-state index is 5.67. The lowest BCUT2D eigenvalue weighted by molar-refractivity contribution is 0.00296. The van der Waals surface area contributed by atoms with E-state index in [0.717, 1.165) is 34.7 Å². The minimum atomic E-state index is -0.0942. The fourth-order valence-corrected chi connectivity index (χ4v) is 6.89. The first-order chi connectivity index (χ1) is 12.3. The zero-order valence-corrected chi connectivity index (χ0v) is 18.6. The van der Waals surface area contributed by atoms with Crippen LogP contribution in [0.4, 0.5) is 0 Å². The Bertz CT molecular complexity index is 734. The van der Waals surface area contributed by atoms with Gasteiger partial charge >= 0.3 is 0 Å². The molecule has 1 aromatic rings. The third-order valence-electron chi connectivity index (χ3n) is 6.34. The van der Waals surface area contributed by atoms with Gasteiger partial charge in [0.15, 0.2) is 5.17 Å². The van der Waals surface area contributed by atoms with Gasteiger partial charge in [-0.05, 0) is 76.1 Å². The Kier molecular flexibility index (Phi) is 4.72. The predicted octanol–water partition coefficient (Wildman–Crippen LogP) is 5.27. The van der Waals surface area contributed by atoms with Crippen LogP contribution in [0.15, 0.2) is 27.7 Å². The van der Waals surface area contributed by atoms with Crippen molar-refractivity contribution >= 4 is 32.9 Å². The molecule has 26 heavy (non-hydrogen) atoms. The van der Waals surface area contributed by atoms with E-state index in [2.05, 4.69) is 60.2 Å². The lowest BCUT2D eigenvalue weighted by Gasteiger charge is -2.46. The summed E-state index contributed by atoms with van der Waals surface area (Å²) in [5, 5.41) is 4.74. The number of nitrogens with one attached hydrogen (secondary N) is 1. The topological polar surface area (TPSA) is 33.6 Å². The summed E-state index contributed by atoms with van der Waals surface area (Å²) >= 11 is 5.60. The van der Waals surface area contributed by atoms with Crippen LogP contribution >= 0.6 is 27.7 Å². The van der Waals surface area contributed by atoms with Crippen LogP contribution in [0.25, 0.3) is 0 Å². The quantitative estimate of drug-likeness (QED) is 0.650. The predicted molar refractivity (Wildman–Crippen MR) is 114 cm³/mol. The Labute approximate surface area is 169 Å². The Morgan fingerprint density at radius 3 is 2.65 bits per heavy atom. The smallest absolute Gasteiger partial charge is 0.157 e. The van der Waals surface area contributed by atoms with Crippen molar-refractivity contribution in [1.82, 2.24) is 5.32 Å². The average Bonchev–Trinajstić information content (AvgIpc) is 3.10. The molecule has 3 nitrogen and oxygen atoms in total. The molecule has 1 N–H and O–H groups in total. The molecule has 1 atom stereocenters.